The van der Waals surface area contributed by atoms with Crippen molar-refractivity contribution in [2.45, 2.75) is 12.8 Å². The molecule has 3 rings (SSSR count). The van der Waals surface area contributed by atoms with E-state index in [1.165, 1.54) is 25.3 Å². The molecule has 0 atom stereocenters. The summed E-state index contributed by atoms with van der Waals surface area (Å²) in [5, 5.41) is 16.8. The highest BCUT2D eigenvalue weighted by molar-refractivity contribution is 6.00. The minimum absolute atomic E-state index is 0.0487. The lowest BCUT2D eigenvalue weighted by molar-refractivity contribution is -0.384. The lowest BCUT2D eigenvalue weighted by atomic mass is 10.2. The number of methoxy groups -OCH3 is 1. The first-order valence-corrected chi connectivity index (χ1v) is 8.75. The average Bonchev–Trinajstić information content (AvgIpc) is 3.12. The van der Waals surface area contributed by atoms with Gasteiger partial charge in [-0.15, -0.1) is 0 Å². The number of anilines is 3. The number of benzene rings is 2. The summed E-state index contributed by atoms with van der Waals surface area (Å²) in [6.45, 7) is 0.532. The molecular formula is C19H20N4O5. The number of amides is 2. The molecule has 1 aliphatic rings. The Morgan fingerprint density at radius 3 is 2.71 bits per heavy atom. The number of rotatable bonds is 7. The number of nitro benzene ring substituents is 1. The molecule has 2 aromatic carbocycles. The zero-order valence-electron chi connectivity index (χ0n) is 15.3. The zero-order chi connectivity index (χ0) is 20.1. The highest BCUT2D eigenvalue weighted by atomic mass is 16.6. The summed E-state index contributed by atoms with van der Waals surface area (Å²) in [4.78, 5) is 36.6. The Hall–Kier alpha value is -3.62. The van der Waals surface area contributed by atoms with Crippen molar-refractivity contribution in [2.75, 3.05) is 35.7 Å². The van der Waals surface area contributed by atoms with E-state index in [1.54, 1.807) is 17.0 Å². The summed E-state index contributed by atoms with van der Waals surface area (Å²) in [5.41, 5.74) is 1.20. The lowest BCUT2D eigenvalue weighted by Crippen LogP contribution is -2.26. The Morgan fingerprint density at radius 2 is 2.04 bits per heavy atom. The number of para-hydroxylation sites is 2. The van der Waals surface area contributed by atoms with Crippen LogP contribution in [0.3, 0.4) is 0 Å². The average molecular weight is 384 g/mol. The Labute approximate surface area is 161 Å². The largest absolute Gasteiger partial charge is 0.496 e. The van der Waals surface area contributed by atoms with Gasteiger partial charge in [0, 0.05) is 13.0 Å². The summed E-state index contributed by atoms with van der Waals surface area (Å²) in [6, 6.07) is 11.4. The van der Waals surface area contributed by atoms with Crippen LogP contribution in [0.25, 0.3) is 0 Å². The van der Waals surface area contributed by atoms with Gasteiger partial charge in [0.2, 0.25) is 11.8 Å². The lowest BCUT2D eigenvalue weighted by Gasteiger charge is -2.20. The van der Waals surface area contributed by atoms with Gasteiger partial charge in [0.1, 0.15) is 11.4 Å². The summed E-state index contributed by atoms with van der Waals surface area (Å²) in [6.07, 6.45) is 1.31. The zero-order valence-corrected chi connectivity index (χ0v) is 15.3. The highest BCUT2D eigenvalue weighted by Gasteiger charge is 2.24. The van der Waals surface area contributed by atoms with Crippen LogP contribution in [0, 0.1) is 10.1 Å². The van der Waals surface area contributed by atoms with Gasteiger partial charge in [0.15, 0.2) is 0 Å². The Kier molecular flexibility index (Phi) is 5.73. The first-order chi connectivity index (χ1) is 13.5. The van der Waals surface area contributed by atoms with Crippen LogP contribution in [0.1, 0.15) is 12.8 Å². The number of nitrogens with zero attached hydrogens (tertiary/aromatic N) is 2. The molecule has 2 N–H and O–H groups in total. The van der Waals surface area contributed by atoms with E-state index in [1.807, 2.05) is 12.1 Å². The van der Waals surface area contributed by atoms with E-state index < -0.39 is 10.8 Å². The SMILES string of the molecule is COc1ccc(NC(=O)CNc2ccccc2N2CCCC2=O)c([N+](=O)[O-])c1. The molecule has 0 aliphatic carbocycles. The molecule has 2 aromatic rings. The van der Waals surface area contributed by atoms with Crippen LogP contribution >= 0.6 is 0 Å². The molecule has 0 aromatic heterocycles. The fourth-order valence-electron chi connectivity index (χ4n) is 3.03. The van der Waals surface area contributed by atoms with Gasteiger partial charge in [-0.2, -0.15) is 0 Å². The molecule has 0 unspecified atom stereocenters. The second kappa shape index (κ2) is 8.38. The molecular weight excluding hydrogens is 364 g/mol. The molecule has 1 aliphatic heterocycles. The number of carbonyl (C=O) groups is 2. The summed E-state index contributed by atoms with van der Waals surface area (Å²) >= 11 is 0. The number of nitrogens with one attached hydrogen (secondary N) is 2. The molecule has 0 saturated carbocycles. The summed E-state index contributed by atoms with van der Waals surface area (Å²) in [7, 11) is 1.41. The van der Waals surface area contributed by atoms with E-state index in [9.17, 15) is 19.7 Å². The normalized spacial score (nSPS) is 13.3. The smallest absolute Gasteiger partial charge is 0.296 e. The maximum atomic E-state index is 12.3. The van der Waals surface area contributed by atoms with Gasteiger partial charge in [-0.05, 0) is 30.7 Å². The van der Waals surface area contributed by atoms with Crippen LogP contribution in [0.5, 0.6) is 5.75 Å². The van der Waals surface area contributed by atoms with Crippen molar-refractivity contribution < 1.29 is 19.2 Å². The third-order valence-corrected chi connectivity index (χ3v) is 4.38. The van der Waals surface area contributed by atoms with Crippen molar-refractivity contribution in [3.05, 3.63) is 52.6 Å². The molecule has 28 heavy (non-hydrogen) atoms. The van der Waals surface area contributed by atoms with E-state index >= 15 is 0 Å². The van der Waals surface area contributed by atoms with Crippen molar-refractivity contribution in [3.63, 3.8) is 0 Å². The molecule has 0 spiro atoms. The first-order valence-electron chi connectivity index (χ1n) is 8.75. The van der Waals surface area contributed by atoms with Crippen molar-refractivity contribution >= 4 is 34.6 Å². The number of hydrogen-bond acceptors (Lipinski definition) is 6. The predicted molar refractivity (Wildman–Crippen MR) is 105 cm³/mol. The van der Waals surface area contributed by atoms with Gasteiger partial charge < -0.3 is 20.3 Å². The summed E-state index contributed by atoms with van der Waals surface area (Å²) in [5.74, 6) is -0.0737. The van der Waals surface area contributed by atoms with Gasteiger partial charge in [-0.3, -0.25) is 19.7 Å². The minimum atomic E-state index is -0.583. The van der Waals surface area contributed by atoms with Crippen molar-refractivity contribution in [1.29, 1.82) is 0 Å². The molecule has 1 saturated heterocycles. The van der Waals surface area contributed by atoms with Crippen LogP contribution in [-0.2, 0) is 9.59 Å². The van der Waals surface area contributed by atoms with E-state index in [0.29, 0.717) is 30.1 Å². The van der Waals surface area contributed by atoms with E-state index in [2.05, 4.69) is 10.6 Å². The molecule has 0 radical (unpaired) electrons. The molecule has 1 fully saturated rings. The molecule has 9 nitrogen and oxygen atoms in total. The first kappa shape index (κ1) is 19.2. The van der Waals surface area contributed by atoms with E-state index in [4.69, 9.17) is 4.74 Å². The topological polar surface area (TPSA) is 114 Å². The van der Waals surface area contributed by atoms with Crippen molar-refractivity contribution in [3.8, 4) is 5.75 Å². The van der Waals surface area contributed by atoms with Crippen LogP contribution in [0.2, 0.25) is 0 Å². The fraction of sp³-hybridized carbons (Fsp3) is 0.263. The maximum absolute atomic E-state index is 12.3. The third-order valence-electron chi connectivity index (χ3n) is 4.38. The Balaban J connectivity index is 1.69. The third kappa shape index (κ3) is 4.20. The number of carbonyl (C=O) groups excluding carboxylic acids is 2. The van der Waals surface area contributed by atoms with Crippen molar-refractivity contribution in [2.24, 2.45) is 0 Å². The quantitative estimate of drug-likeness (QED) is 0.560. The highest BCUT2D eigenvalue weighted by Crippen LogP contribution is 2.30. The van der Waals surface area contributed by atoms with Gasteiger partial charge in [0.05, 0.1) is 36.0 Å². The minimum Gasteiger partial charge on any atom is -0.496 e. The maximum Gasteiger partial charge on any atom is 0.296 e. The molecule has 0 bridgehead atoms. The standard InChI is InChI=1S/C19H20N4O5/c1-28-13-8-9-15(17(11-13)23(26)27)21-18(24)12-20-14-5-2-3-6-16(14)22-10-4-7-19(22)25/h2-3,5-6,8-9,11,20H,4,7,10,12H2,1H3,(H,21,24). The van der Waals surface area contributed by atoms with Gasteiger partial charge in [0.25, 0.3) is 5.69 Å². The summed E-state index contributed by atoms with van der Waals surface area (Å²) < 4.78 is 4.98. The number of ether oxygens (including phenoxy) is 1. The fourth-order valence-corrected chi connectivity index (χ4v) is 3.03. The molecule has 146 valence electrons. The monoisotopic (exact) mass is 384 g/mol. The Bertz CT molecular complexity index is 915. The Morgan fingerprint density at radius 1 is 1.25 bits per heavy atom. The molecule has 2 amide bonds. The van der Waals surface area contributed by atoms with Crippen LogP contribution in [-0.4, -0.2) is 36.9 Å². The number of hydrogen-bond donors (Lipinski definition) is 2. The van der Waals surface area contributed by atoms with Gasteiger partial charge >= 0.3 is 0 Å². The second-order valence-electron chi connectivity index (χ2n) is 6.21. The van der Waals surface area contributed by atoms with Crippen molar-refractivity contribution in [1.82, 2.24) is 0 Å². The number of nitro groups is 1. The van der Waals surface area contributed by atoms with Gasteiger partial charge in [-0.25, -0.2) is 0 Å². The molecule has 1 heterocycles. The predicted octanol–water partition coefficient (Wildman–Crippen LogP) is 2.78. The van der Waals surface area contributed by atoms with E-state index in [-0.39, 0.29) is 23.8 Å². The van der Waals surface area contributed by atoms with Crippen LogP contribution < -0.4 is 20.3 Å². The van der Waals surface area contributed by atoms with Crippen LogP contribution in [0.4, 0.5) is 22.7 Å². The molecule has 9 heteroatoms. The second-order valence-corrected chi connectivity index (χ2v) is 6.21. The van der Waals surface area contributed by atoms with Gasteiger partial charge in [-0.1, -0.05) is 12.1 Å². The van der Waals surface area contributed by atoms with Crippen LogP contribution in [0.15, 0.2) is 42.5 Å². The van der Waals surface area contributed by atoms with E-state index in [0.717, 1.165) is 6.42 Å².